The minimum absolute atomic E-state index is 0.0349. The van der Waals surface area contributed by atoms with Crippen LogP contribution in [0.4, 0.5) is 0 Å². The van der Waals surface area contributed by atoms with Crippen molar-refractivity contribution in [3.8, 4) is 5.75 Å². The van der Waals surface area contributed by atoms with E-state index in [-0.39, 0.29) is 11.9 Å². The van der Waals surface area contributed by atoms with Gasteiger partial charge in [0.25, 0.3) is 0 Å². The summed E-state index contributed by atoms with van der Waals surface area (Å²) < 4.78 is 6.92. The van der Waals surface area contributed by atoms with Crippen molar-refractivity contribution >= 4 is 11.9 Å². The van der Waals surface area contributed by atoms with E-state index in [2.05, 4.69) is 15.3 Å². The zero-order valence-electron chi connectivity index (χ0n) is 13.1. The smallest absolute Gasteiger partial charge is 0.221 e. The molecule has 2 rings (SSSR count). The van der Waals surface area contributed by atoms with Gasteiger partial charge in [0.15, 0.2) is 5.96 Å². The quantitative estimate of drug-likeness (QED) is 0.524. The highest BCUT2D eigenvalue weighted by Gasteiger charge is 2.08. The maximum atomic E-state index is 7.71. The Morgan fingerprint density at radius 2 is 2.22 bits per heavy atom. The minimum Gasteiger partial charge on any atom is -0.497 e. The predicted octanol–water partition coefficient (Wildman–Crippen LogP) is -0.0250. The molecule has 0 saturated carbocycles. The number of rotatable bonds is 5. The Morgan fingerprint density at radius 3 is 2.91 bits per heavy atom. The summed E-state index contributed by atoms with van der Waals surface area (Å²) in [5.41, 5.74) is 12.3. The number of aliphatic imine (C=N–C) groups is 1. The number of ether oxygens (including phenoxy) is 1. The number of nitrogens with two attached hydrogens (primary N) is 2. The third-order valence-electron chi connectivity index (χ3n) is 3.06. The number of methoxy groups -OCH3 is 1. The van der Waals surface area contributed by atoms with E-state index in [1.54, 1.807) is 23.7 Å². The van der Waals surface area contributed by atoms with Gasteiger partial charge >= 0.3 is 0 Å². The molecule has 1 heterocycles. The number of hydrogen-bond acceptors (Lipinski definition) is 4. The van der Waals surface area contributed by atoms with E-state index in [1.165, 1.54) is 0 Å². The molecular formula is C14H20N8O. The first-order valence-corrected chi connectivity index (χ1v) is 6.89. The molecule has 0 aliphatic carbocycles. The number of aromatic nitrogens is 3. The van der Waals surface area contributed by atoms with Crippen molar-refractivity contribution in [2.45, 2.75) is 13.1 Å². The van der Waals surface area contributed by atoms with Crippen molar-refractivity contribution in [2.75, 3.05) is 14.2 Å². The van der Waals surface area contributed by atoms with E-state index in [0.29, 0.717) is 18.8 Å². The van der Waals surface area contributed by atoms with Crippen LogP contribution in [0.2, 0.25) is 0 Å². The molecule has 0 aliphatic rings. The maximum absolute atomic E-state index is 7.71. The molecule has 1 aromatic carbocycles. The average Bonchev–Trinajstić information content (AvgIpc) is 2.93. The van der Waals surface area contributed by atoms with Gasteiger partial charge in [-0.3, -0.25) is 5.41 Å². The van der Waals surface area contributed by atoms with Crippen LogP contribution in [0, 0.1) is 5.41 Å². The Hall–Kier alpha value is -3.10. The van der Waals surface area contributed by atoms with Gasteiger partial charge < -0.3 is 21.1 Å². The molecule has 2 aromatic rings. The molecule has 1 aromatic heterocycles. The van der Waals surface area contributed by atoms with E-state index in [9.17, 15) is 0 Å². The summed E-state index contributed by atoms with van der Waals surface area (Å²) in [5.74, 6) is 0.615. The van der Waals surface area contributed by atoms with Gasteiger partial charge in [-0.2, -0.15) is 4.99 Å². The molecule has 9 nitrogen and oxygen atoms in total. The van der Waals surface area contributed by atoms with Crippen LogP contribution in [0.1, 0.15) is 11.3 Å². The summed E-state index contributed by atoms with van der Waals surface area (Å²) in [4.78, 5) is 5.25. The Bertz CT molecular complexity index is 704. The molecule has 9 heteroatoms. The number of nitrogens with one attached hydrogen (secondary N) is 1. The van der Waals surface area contributed by atoms with Crippen LogP contribution in [-0.4, -0.2) is 46.0 Å². The Morgan fingerprint density at radius 1 is 1.43 bits per heavy atom. The van der Waals surface area contributed by atoms with Crippen LogP contribution in [0.15, 0.2) is 35.5 Å². The van der Waals surface area contributed by atoms with E-state index < -0.39 is 0 Å². The van der Waals surface area contributed by atoms with E-state index in [1.807, 2.05) is 30.5 Å². The average molecular weight is 316 g/mol. The van der Waals surface area contributed by atoms with Crippen LogP contribution in [0.5, 0.6) is 5.75 Å². The molecule has 23 heavy (non-hydrogen) atoms. The zero-order valence-corrected chi connectivity index (χ0v) is 13.1. The number of nitrogens with zero attached hydrogens (tertiary/aromatic N) is 5. The van der Waals surface area contributed by atoms with Crippen LogP contribution in [0.25, 0.3) is 0 Å². The zero-order chi connectivity index (χ0) is 16.8. The molecule has 0 atom stereocenters. The van der Waals surface area contributed by atoms with Gasteiger partial charge in [-0.15, -0.1) is 5.10 Å². The molecule has 0 unspecified atom stereocenters. The first-order valence-electron chi connectivity index (χ1n) is 6.89. The fourth-order valence-electron chi connectivity index (χ4n) is 1.97. The lowest BCUT2D eigenvalue weighted by atomic mass is 10.2. The summed E-state index contributed by atoms with van der Waals surface area (Å²) in [7, 11) is 3.34. The maximum Gasteiger partial charge on any atom is 0.221 e. The first-order chi connectivity index (χ1) is 11.0. The standard InChI is InChI=1S/C14H20N8O/c1-21(14(17)18-13(15)16)8-11-9-22(20-19-11)7-10-4-3-5-12(6-10)23-2/h3-6,9H,7-8H2,1-2H3,(H5,15,16,17,18). The minimum atomic E-state index is -0.150. The summed E-state index contributed by atoms with van der Waals surface area (Å²) in [6.07, 6.45) is 1.82. The fraction of sp³-hybridized carbons (Fsp3) is 0.286. The van der Waals surface area contributed by atoms with Gasteiger partial charge in [-0.25, -0.2) is 4.68 Å². The third kappa shape index (κ3) is 4.70. The molecule has 5 N–H and O–H groups in total. The molecule has 0 radical (unpaired) electrons. The lowest BCUT2D eigenvalue weighted by Crippen LogP contribution is -2.30. The highest BCUT2D eigenvalue weighted by Crippen LogP contribution is 2.13. The van der Waals surface area contributed by atoms with Crippen molar-refractivity contribution in [3.05, 3.63) is 41.7 Å². The fourth-order valence-corrected chi connectivity index (χ4v) is 1.97. The molecule has 0 aliphatic heterocycles. The van der Waals surface area contributed by atoms with Crippen LogP contribution >= 0.6 is 0 Å². The molecule has 122 valence electrons. The highest BCUT2D eigenvalue weighted by molar-refractivity contribution is 5.91. The number of guanidine groups is 2. The van der Waals surface area contributed by atoms with E-state index >= 15 is 0 Å². The molecular weight excluding hydrogens is 296 g/mol. The lowest BCUT2D eigenvalue weighted by molar-refractivity contribution is 0.414. The SMILES string of the molecule is COc1cccc(Cn2cc(CN(C)C(=N)N=C(N)N)nn2)c1. The van der Waals surface area contributed by atoms with Crippen molar-refractivity contribution in [1.29, 1.82) is 5.41 Å². The summed E-state index contributed by atoms with van der Waals surface area (Å²) in [6.45, 7) is 0.965. The second kappa shape index (κ2) is 7.25. The Labute approximate surface area is 134 Å². The van der Waals surface area contributed by atoms with Gasteiger partial charge in [0.1, 0.15) is 11.4 Å². The first kappa shape index (κ1) is 16.3. The van der Waals surface area contributed by atoms with Crippen LogP contribution in [-0.2, 0) is 13.1 Å². The van der Waals surface area contributed by atoms with Gasteiger partial charge in [0.2, 0.25) is 5.96 Å². The van der Waals surface area contributed by atoms with Gasteiger partial charge in [-0.05, 0) is 17.7 Å². The number of benzene rings is 1. The van der Waals surface area contributed by atoms with Crippen molar-refractivity contribution in [2.24, 2.45) is 16.5 Å². The second-order valence-electron chi connectivity index (χ2n) is 4.98. The van der Waals surface area contributed by atoms with Crippen LogP contribution < -0.4 is 16.2 Å². The Balaban J connectivity index is 2.00. The van der Waals surface area contributed by atoms with Gasteiger partial charge in [0.05, 0.1) is 26.4 Å². The van der Waals surface area contributed by atoms with Gasteiger partial charge in [-0.1, -0.05) is 17.3 Å². The summed E-state index contributed by atoms with van der Waals surface area (Å²) in [6, 6.07) is 7.75. The second-order valence-corrected chi connectivity index (χ2v) is 4.98. The highest BCUT2D eigenvalue weighted by atomic mass is 16.5. The van der Waals surface area contributed by atoms with E-state index in [0.717, 1.165) is 11.3 Å². The van der Waals surface area contributed by atoms with Gasteiger partial charge in [0, 0.05) is 7.05 Å². The van der Waals surface area contributed by atoms with Crippen LogP contribution in [0.3, 0.4) is 0 Å². The normalized spacial score (nSPS) is 10.2. The lowest BCUT2D eigenvalue weighted by Gasteiger charge is -2.14. The largest absolute Gasteiger partial charge is 0.497 e. The van der Waals surface area contributed by atoms with Crippen molar-refractivity contribution in [1.82, 2.24) is 19.9 Å². The predicted molar refractivity (Wildman–Crippen MR) is 87.1 cm³/mol. The monoisotopic (exact) mass is 316 g/mol. The summed E-state index contributed by atoms with van der Waals surface area (Å²) >= 11 is 0. The molecule has 0 spiro atoms. The molecule has 0 bridgehead atoms. The number of hydrogen-bond donors (Lipinski definition) is 3. The van der Waals surface area contributed by atoms with Crippen molar-refractivity contribution in [3.63, 3.8) is 0 Å². The molecule has 0 fully saturated rings. The molecule has 0 amide bonds. The van der Waals surface area contributed by atoms with Crippen molar-refractivity contribution < 1.29 is 4.74 Å². The summed E-state index contributed by atoms with van der Waals surface area (Å²) in [5, 5.41) is 15.9. The van der Waals surface area contributed by atoms with E-state index in [4.69, 9.17) is 21.6 Å². The molecule has 0 saturated heterocycles. The topological polar surface area (TPSA) is 131 Å². The Kier molecular flexibility index (Phi) is 5.13. The third-order valence-corrected chi connectivity index (χ3v) is 3.06.